The first-order chi connectivity index (χ1) is 14.6. The van der Waals surface area contributed by atoms with E-state index < -0.39 is 0 Å². The van der Waals surface area contributed by atoms with E-state index >= 15 is 0 Å². The lowest BCUT2D eigenvalue weighted by Gasteiger charge is -2.51. The lowest BCUT2D eigenvalue weighted by molar-refractivity contribution is 0.0221. The summed E-state index contributed by atoms with van der Waals surface area (Å²) in [7, 11) is 0. The Labute approximate surface area is 189 Å². The lowest BCUT2D eigenvalue weighted by Crippen LogP contribution is -2.55. The first kappa shape index (κ1) is 21.7. The van der Waals surface area contributed by atoms with Crippen LogP contribution >= 0.6 is 0 Å². The summed E-state index contributed by atoms with van der Waals surface area (Å²) in [5.41, 5.74) is 2.74. The average Bonchev–Trinajstić information content (AvgIpc) is 3.41. The Morgan fingerprint density at radius 2 is 0.935 bits per heavy atom. The van der Waals surface area contributed by atoms with Gasteiger partial charge >= 0.3 is 0 Å². The minimum absolute atomic E-state index is 0.235. The fraction of sp³-hybridized carbons (Fsp3) is 0.448. The first-order valence-electron chi connectivity index (χ1n) is 11.6. The molecule has 31 heavy (non-hydrogen) atoms. The molecule has 0 spiro atoms. The SMILES string of the molecule is CC(C)(C)[C@@H]1C=CN(C(c2ccccc2)(c2ccccc2)N2C=C[C@@H](C(C)(C)C)C2)C1. The van der Waals surface area contributed by atoms with Gasteiger partial charge in [0.15, 0.2) is 5.66 Å². The largest absolute Gasteiger partial charge is 0.347 e. The minimum atomic E-state index is -0.366. The quantitative estimate of drug-likeness (QED) is 0.538. The first-order valence-corrected chi connectivity index (χ1v) is 11.6. The van der Waals surface area contributed by atoms with Crippen LogP contribution in [0.2, 0.25) is 0 Å². The molecule has 0 amide bonds. The third-order valence-electron chi connectivity index (χ3n) is 7.19. The van der Waals surface area contributed by atoms with Crippen LogP contribution in [0.3, 0.4) is 0 Å². The highest BCUT2D eigenvalue weighted by Crippen LogP contribution is 2.47. The fourth-order valence-electron chi connectivity index (χ4n) is 5.02. The van der Waals surface area contributed by atoms with Crippen molar-refractivity contribution in [3.63, 3.8) is 0 Å². The molecule has 0 N–H and O–H groups in total. The van der Waals surface area contributed by atoms with Crippen molar-refractivity contribution in [1.29, 1.82) is 0 Å². The molecular weight excluding hydrogens is 376 g/mol. The number of hydrogen-bond acceptors (Lipinski definition) is 2. The Balaban J connectivity index is 1.88. The van der Waals surface area contributed by atoms with Gasteiger partial charge in [-0.2, -0.15) is 0 Å². The Bertz CT molecular complexity index is 849. The molecule has 0 aromatic heterocycles. The van der Waals surface area contributed by atoms with E-state index in [4.69, 9.17) is 0 Å². The van der Waals surface area contributed by atoms with Gasteiger partial charge in [0.05, 0.1) is 0 Å². The molecule has 0 radical (unpaired) electrons. The minimum Gasteiger partial charge on any atom is -0.347 e. The highest BCUT2D eigenvalue weighted by molar-refractivity contribution is 5.41. The van der Waals surface area contributed by atoms with Crippen LogP contribution in [-0.4, -0.2) is 22.9 Å². The van der Waals surface area contributed by atoms with E-state index in [-0.39, 0.29) is 16.5 Å². The van der Waals surface area contributed by atoms with E-state index in [0.717, 1.165) is 13.1 Å². The van der Waals surface area contributed by atoms with Crippen LogP contribution in [0.25, 0.3) is 0 Å². The Hall–Kier alpha value is -2.48. The molecule has 0 bridgehead atoms. The summed E-state index contributed by atoms with van der Waals surface area (Å²) in [6.45, 7) is 16.1. The molecular formula is C29H38N2. The van der Waals surface area contributed by atoms with E-state index in [0.29, 0.717) is 11.8 Å². The van der Waals surface area contributed by atoms with E-state index in [1.807, 2.05) is 0 Å². The molecule has 4 rings (SSSR count). The molecule has 164 valence electrons. The monoisotopic (exact) mass is 414 g/mol. The van der Waals surface area contributed by atoms with Crippen LogP contribution in [-0.2, 0) is 5.66 Å². The van der Waals surface area contributed by atoms with E-state index in [9.17, 15) is 0 Å². The molecule has 2 aromatic rings. The normalized spacial score (nSPS) is 21.9. The van der Waals surface area contributed by atoms with Crippen LogP contribution in [0.4, 0.5) is 0 Å². The third-order valence-corrected chi connectivity index (χ3v) is 7.19. The molecule has 2 nitrogen and oxygen atoms in total. The number of nitrogens with zero attached hydrogens (tertiary/aromatic N) is 2. The summed E-state index contributed by atoms with van der Waals surface area (Å²) in [6, 6.07) is 22.1. The molecule has 2 aromatic carbocycles. The zero-order chi connectivity index (χ0) is 22.3. The van der Waals surface area contributed by atoms with Crippen molar-refractivity contribution in [3.05, 3.63) is 96.3 Å². The summed E-state index contributed by atoms with van der Waals surface area (Å²) in [6.07, 6.45) is 9.55. The predicted octanol–water partition coefficient (Wildman–Crippen LogP) is 6.87. The average molecular weight is 415 g/mol. The van der Waals surface area contributed by atoms with E-state index in [2.05, 4.69) is 137 Å². The van der Waals surface area contributed by atoms with Crippen molar-refractivity contribution in [2.24, 2.45) is 22.7 Å². The fourth-order valence-corrected chi connectivity index (χ4v) is 5.02. The van der Waals surface area contributed by atoms with E-state index in [1.165, 1.54) is 11.1 Å². The summed E-state index contributed by atoms with van der Waals surface area (Å²) >= 11 is 0. The van der Waals surface area contributed by atoms with Gasteiger partial charge in [0, 0.05) is 36.1 Å². The molecule has 0 fully saturated rings. The predicted molar refractivity (Wildman–Crippen MR) is 131 cm³/mol. The summed E-state index contributed by atoms with van der Waals surface area (Å²) in [4.78, 5) is 5.17. The van der Waals surface area contributed by atoms with Crippen molar-refractivity contribution in [2.45, 2.75) is 47.2 Å². The second kappa shape index (κ2) is 7.89. The summed E-state index contributed by atoms with van der Waals surface area (Å²) in [5.74, 6) is 1.04. The van der Waals surface area contributed by atoms with Gasteiger partial charge in [0.25, 0.3) is 0 Å². The smallest absolute Gasteiger partial charge is 0.165 e. The maximum Gasteiger partial charge on any atom is 0.165 e. The van der Waals surface area contributed by atoms with Crippen molar-refractivity contribution in [1.82, 2.24) is 9.80 Å². The van der Waals surface area contributed by atoms with Crippen molar-refractivity contribution in [3.8, 4) is 0 Å². The highest BCUT2D eigenvalue weighted by atomic mass is 15.4. The van der Waals surface area contributed by atoms with Gasteiger partial charge in [-0.1, -0.05) is 114 Å². The van der Waals surface area contributed by atoms with E-state index in [1.54, 1.807) is 0 Å². The third kappa shape index (κ3) is 3.93. The van der Waals surface area contributed by atoms with Gasteiger partial charge in [0.1, 0.15) is 0 Å². The molecule has 0 saturated carbocycles. The number of benzene rings is 2. The molecule has 0 unspecified atom stereocenters. The van der Waals surface area contributed by atoms with Crippen LogP contribution in [0.15, 0.2) is 85.2 Å². The summed E-state index contributed by atoms with van der Waals surface area (Å²) in [5, 5.41) is 0. The standard InChI is InChI=1S/C29H38N2/c1-27(2,3)25-17-19-30(21-25)29(23-13-9-7-10-14-23,24-15-11-8-12-16-24)31-20-18-26(22-31)28(4,5)6/h7-20,25-26H,21-22H2,1-6H3/t25-,26-/m1/s1. The second-order valence-corrected chi connectivity index (χ2v) is 11.3. The molecule has 2 heterocycles. The van der Waals surface area contributed by atoms with Crippen molar-refractivity contribution >= 4 is 0 Å². The second-order valence-electron chi connectivity index (χ2n) is 11.3. The van der Waals surface area contributed by atoms with Crippen LogP contribution in [0, 0.1) is 22.7 Å². The van der Waals surface area contributed by atoms with Gasteiger partial charge in [-0.05, 0) is 23.2 Å². The maximum absolute atomic E-state index is 2.59. The highest BCUT2D eigenvalue weighted by Gasteiger charge is 2.48. The van der Waals surface area contributed by atoms with Gasteiger partial charge < -0.3 is 9.80 Å². The molecule has 0 aliphatic carbocycles. The van der Waals surface area contributed by atoms with Gasteiger partial charge in [-0.15, -0.1) is 0 Å². The van der Waals surface area contributed by atoms with Crippen LogP contribution in [0.1, 0.15) is 52.7 Å². The Morgan fingerprint density at radius 1 is 0.581 bits per heavy atom. The Morgan fingerprint density at radius 3 is 1.23 bits per heavy atom. The van der Waals surface area contributed by atoms with Crippen molar-refractivity contribution < 1.29 is 0 Å². The topological polar surface area (TPSA) is 6.48 Å². The maximum atomic E-state index is 2.59. The van der Waals surface area contributed by atoms with Crippen LogP contribution in [0.5, 0.6) is 0 Å². The van der Waals surface area contributed by atoms with Crippen LogP contribution < -0.4 is 0 Å². The zero-order valence-corrected chi connectivity index (χ0v) is 20.0. The summed E-state index contributed by atoms with van der Waals surface area (Å²) < 4.78 is 0. The molecule has 0 saturated heterocycles. The van der Waals surface area contributed by atoms with Crippen molar-refractivity contribution in [2.75, 3.05) is 13.1 Å². The molecule has 2 aliphatic heterocycles. The van der Waals surface area contributed by atoms with Gasteiger partial charge in [0.2, 0.25) is 0 Å². The molecule has 2 aliphatic rings. The van der Waals surface area contributed by atoms with Gasteiger partial charge in [-0.3, -0.25) is 0 Å². The Kier molecular flexibility index (Phi) is 5.54. The molecule has 2 heteroatoms. The number of hydrogen-bond donors (Lipinski definition) is 0. The zero-order valence-electron chi connectivity index (χ0n) is 20.0. The lowest BCUT2D eigenvalue weighted by atomic mass is 9.80. The molecule has 2 atom stereocenters. The number of rotatable bonds is 4. The van der Waals surface area contributed by atoms with Gasteiger partial charge in [-0.25, -0.2) is 0 Å².